The topological polar surface area (TPSA) is 110 Å². The van der Waals surface area contributed by atoms with Gasteiger partial charge in [0.15, 0.2) is 0 Å². The summed E-state index contributed by atoms with van der Waals surface area (Å²) in [5.41, 5.74) is 2.14. The van der Waals surface area contributed by atoms with Gasteiger partial charge in [-0.15, -0.1) is 11.3 Å². The summed E-state index contributed by atoms with van der Waals surface area (Å²) < 4.78 is 27.4. The summed E-state index contributed by atoms with van der Waals surface area (Å²) in [6, 6.07) is 5.01. The Balaban J connectivity index is 1.69. The molecule has 3 aromatic rings. The van der Waals surface area contributed by atoms with Gasteiger partial charge in [-0.3, -0.25) is 18.9 Å². The molecule has 0 bridgehead atoms. The van der Waals surface area contributed by atoms with Crippen LogP contribution in [0.3, 0.4) is 0 Å². The van der Waals surface area contributed by atoms with Gasteiger partial charge in [-0.25, -0.2) is 13.4 Å². The molecule has 31 heavy (non-hydrogen) atoms. The van der Waals surface area contributed by atoms with E-state index < -0.39 is 10.0 Å². The number of thiophene rings is 1. The second kappa shape index (κ2) is 8.08. The van der Waals surface area contributed by atoms with Crippen LogP contribution in [0.4, 0.5) is 11.4 Å². The molecule has 1 aromatic carbocycles. The predicted molar refractivity (Wildman–Crippen MR) is 124 cm³/mol. The number of amides is 1. The number of aromatic nitrogens is 2. The molecule has 0 aliphatic carbocycles. The Hall–Kier alpha value is -2.72. The first-order valence-electron chi connectivity index (χ1n) is 10.1. The van der Waals surface area contributed by atoms with Crippen molar-refractivity contribution in [2.24, 2.45) is 0 Å². The standard InChI is InChI=1S/C21H24N4O4S2/c1-12-8-9-14(11-15(12)24-31(3,28)29)22-19(26)18-13(2)17-20(30-18)23-16-7-5-4-6-10-25(16)21(17)27/h8-9,11,24H,4-7,10H2,1-3H3,(H,22,26). The van der Waals surface area contributed by atoms with Gasteiger partial charge in [0.2, 0.25) is 10.0 Å². The molecule has 0 saturated heterocycles. The van der Waals surface area contributed by atoms with E-state index >= 15 is 0 Å². The molecule has 10 heteroatoms. The molecule has 2 N–H and O–H groups in total. The second-order valence-corrected chi connectivity index (χ2v) is 10.6. The highest BCUT2D eigenvalue weighted by Crippen LogP contribution is 2.30. The van der Waals surface area contributed by atoms with Crippen LogP contribution in [0.25, 0.3) is 10.2 Å². The number of carbonyl (C=O) groups excluding carboxylic acids is 1. The minimum Gasteiger partial charge on any atom is -0.321 e. The van der Waals surface area contributed by atoms with Gasteiger partial charge >= 0.3 is 0 Å². The molecule has 3 heterocycles. The number of nitrogens with zero attached hydrogens (tertiary/aromatic N) is 2. The van der Waals surface area contributed by atoms with Crippen molar-refractivity contribution in [2.75, 3.05) is 16.3 Å². The molecule has 164 valence electrons. The Morgan fingerprint density at radius 2 is 1.97 bits per heavy atom. The van der Waals surface area contributed by atoms with Crippen molar-refractivity contribution in [3.05, 3.63) is 50.4 Å². The highest BCUT2D eigenvalue weighted by atomic mass is 32.2. The first kappa shape index (κ1) is 21.5. The van der Waals surface area contributed by atoms with Crippen molar-refractivity contribution in [3.63, 3.8) is 0 Å². The van der Waals surface area contributed by atoms with Crippen molar-refractivity contribution < 1.29 is 13.2 Å². The number of sulfonamides is 1. The monoisotopic (exact) mass is 460 g/mol. The molecule has 0 unspecified atom stereocenters. The maximum atomic E-state index is 13.1. The number of anilines is 2. The summed E-state index contributed by atoms with van der Waals surface area (Å²) >= 11 is 1.21. The van der Waals surface area contributed by atoms with E-state index in [0.29, 0.717) is 38.6 Å². The average Bonchev–Trinajstić information content (AvgIpc) is 2.85. The third kappa shape index (κ3) is 4.35. The molecule has 1 amide bonds. The SMILES string of the molecule is Cc1ccc(NC(=O)c2sc3nc4n(c(=O)c3c2C)CCCCC4)cc1NS(C)(=O)=O. The summed E-state index contributed by atoms with van der Waals surface area (Å²) in [7, 11) is -3.44. The molecule has 8 nitrogen and oxygen atoms in total. The van der Waals surface area contributed by atoms with Crippen LogP contribution in [0.1, 0.15) is 45.9 Å². The molecule has 2 aromatic heterocycles. The molecule has 1 aliphatic rings. The Kier molecular flexibility index (Phi) is 5.61. The fraction of sp³-hybridized carbons (Fsp3) is 0.381. The number of carbonyl (C=O) groups is 1. The normalized spacial score (nSPS) is 14.2. The lowest BCUT2D eigenvalue weighted by molar-refractivity contribution is 0.103. The molecular weight excluding hydrogens is 436 g/mol. The number of nitrogens with one attached hydrogen (secondary N) is 2. The third-order valence-corrected chi connectivity index (χ3v) is 7.18. The smallest absolute Gasteiger partial charge is 0.266 e. The van der Waals surface area contributed by atoms with Crippen molar-refractivity contribution in [2.45, 2.75) is 46.1 Å². The summed E-state index contributed by atoms with van der Waals surface area (Å²) in [5.74, 6) is 0.437. The molecule has 4 rings (SSSR count). The van der Waals surface area contributed by atoms with Gasteiger partial charge in [0.05, 0.1) is 22.2 Å². The summed E-state index contributed by atoms with van der Waals surface area (Å²) in [6.45, 7) is 4.21. The average molecular weight is 461 g/mol. The van der Waals surface area contributed by atoms with Gasteiger partial charge in [0.1, 0.15) is 10.7 Å². The quantitative estimate of drug-likeness (QED) is 0.620. The lowest BCUT2D eigenvalue weighted by atomic mass is 10.1. The molecule has 0 fully saturated rings. The van der Waals surface area contributed by atoms with Gasteiger partial charge in [0.25, 0.3) is 11.5 Å². The van der Waals surface area contributed by atoms with Crippen LogP contribution in [0.5, 0.6) is 0 Å². The highest BCUT2D eigenvalue weighted by Gasteiger charge is 2.22. The minimum atomic E-state index is -3.44. The Morgan fingerprint density at radius 1 is 1.19 bits per heavy atom. The lowest BCUT2D eigenvalue weighted by Crippen LogP contribution is -2.24. The van der Waals surface area contributed by atoms with Crippen LogP contribution in [-0.2, 0) is 23.0 Å². The Labute approximate surface area is 184 Å². The van der Waals surface area contributed by atoms with Crippen LogP contribution < -0.4 is 15.6 Å². The van der Waals surface area contributed by atoms with E-state index in [1.807, 2.05) is 0 Å². The van der Waals surface area contributed by atoms with E-state index in [1.54, 1.807) is 36.6 Å². The third-order valence-electron chi connectivity index (χ3n) is 5.41. The zero-order chi connectivity index (χ0) is 22.3. The largest absolute Gasteiger partial charge is 0.321 e. The molecular formula is C21H24N4O4S2. The first-order valence-corrected chi connectivity index (χ1v) is 12.8. The Bertz CT molecular complexity index is 1360. The molecule has 0 spiro atoms. The van der Waals surface area contributed by atoms with Crippen LogP contribution >= 0.6 is 11.3 Å². The van der Waals surface area contributed by atoms with Crippen molar-refractivity contribution in [3.8, 4) is 0 Å². The van der Waals surface area contributed by atoms with E-state index in [-0.39, 0.29) is 11.5 Å². The molecule has 0 atom stereocenters. The Morgan fingerprint density at radius 3 is 2.71 bits per heavy atom. The lowest BCUT2D eigenvalue weighted by Gasteiger charge is -2.11. The van der Waals surface area contributed by atoms with Crippen molar-refractivity contribution >= 4 is 48.9 Å². The minimum absolute atomic E-state index is 0.0790. The van der Waals surface area contributed by atoms with Crippen molar-refractivity contribution in [1.29, 1.82) is 0 Å². The van der Waals surface area contributed by atoms with E-state index in [4.69, 9.17) is 4.98 Å². The zero-order valence-electron chi connectivity index (χ0n) is 17.6. The number of hydrogen-bond donors (Lipinski definition) is 2. The fourth-order valence-electron chi connectivity index (χ4n) is 3.82. The number of benzene rings is 1. The summed E-state index contributed by atoms with van der Waals surface area (Å²) in [5, 5.41) is 3.32. The van der Waals surface area contributed by atoms with E-state index in [1.165, 1.54) is 11.3 Å². The van der Waals surface area contributed by atoms with Gasteiger partial charge < -0.3 is 5.32 Å². The fourth-order valence-corrected chi connectivity index (χ4v) is 5.53. The van der Waals surface area contributed by atoms with Crippen LogP contribution in [0.15, 0.2) is 23.0 Å². The summed E-state index contributed by atoms with van der Waals surface area (Å²) in [6.07, 6.45) is 4.88. The van der Waals surface area contributed by atoms with E-state index in [0.717, 1.165) is 43.3 Å². The van der Waals surface area contributed by atoms with E-state index in [9.17, 15) is 18.0 Å². The number of hydrogen-bond acceptors (Lipinski definition) is 6. The maximum Gasteiger partial charge on any atom is 0.266 e. The van der Waals surface area contributed by atoms with E-state index in [2.05, 4.69) is 10.0 Å². The van der Waals surface area contributed by atoms with Crippen LogP contribution in [-0.4, -0.2) is 30.1 Å². The number of aryl methyl sites for hydroxylation is 3. The van der Waals surface area contributed by atoms with Gasteiger partial charge in [0, 0.05) is 18.7 Å². The number of fused-ring (bicyclic) bond motifs is 2. The molecule has 0 radical (unpaired) electrons. The van der Waals surface area contributed by atoms with Gasteiger partial charge in [-0.1, -0.05) is 12.5 Å². The first-order chi connectivity index (χ1) is 14.6. The second-order valence-electron chi connectivity index (χ2n) is 7.89. The van der Waals surface area contributed by atoms with Gasteiger partial charge in [-0.2, -0.15) is 0 Å². The number of rotatable bonds is 4. The van der Waals surface area contributed by atoms with Crippen LogP contribution in [0.2, 0.25) is 0 Å². The maximum absolute atomic E-state index is 13.1. The van der Waals surface area contributed by atoms with Crippen LogP contribution in [0, 0.1) is 13.8 Å². The zero-order valence-corrected chi connectivity index (χ0v) is 19.2. The van der Waals surface area contributed by atoms with Gasteiger partial charge in [-0.05, 0) is 49.9 Å². The highest BCUT2D eigenvalue weighted by molar-refractivity contribution is 7.92. The predicted octanol–water partition coefficient (Wildman–Crippen LogP) is 3.43. The van der Waals surface area contributed by atoms with Crippen molar-refractivity contribution in [1.82, 2.24) is 9.55 Å². The molecule has 1 aliphatic heterocycles. The molecule has 0 saturated carbocycles. The summed E-state index contributed by atoms with van der Waals surface area (Å²) in [4.78, 5) is 31.8.